The van der Waals surface area contributed by atoms with Gasteiger partial charge in [-0.2, -0.15) is 0 Å². The van der Waals surface area contributed by atoms with Crippen LogP contribution in [0.15, 0.2) is 22.6 Å². The second-order valence-corrected chi connectivity index (χ2v) is 8.74. The van der Waals surface area contributed by atoms with Crippen LogP contribution in [0.4, 0.5) is 13.2 Å². The molecule has 1 saturated carbocycles. The van der Waals surface area contributed by atoms with E-state index in [1.54, 1.807) is 6.92 Å². The molecule has 0 heterocycles. The minimum absolute atomic E-state index is 0.108. The number of nitrogens with zero attached hydrogens (tertiary/aromatic N) is 1. The molecule has 5 heteroatoms. The predicted molar refractivity (Wildman–Crippen MR) is 91.8 cm³/mol. The molecule has 1 aliphatic rings. The fourth-order valence-corrected chi connectivity index (χ4v) is 3.34. The van der Waals surface area contributed by atoms with Crippen molar-refractivity contribution in [2.75, 3.05) is 0 Å². The molecule has 0 bridgehead atoms. The first-order valence-corrected chi connectivity index (χ1v) is 8.80. The summed E-state index contributed by atoms with van der Waals surface area (Å²) in [7, 11) is 0. The van der Waals surface area contributed by atoms with E-state index < -0.39 is 23.2 Å². The highest BCUT2D eigenvalue weighted by molar-refractivity contribution is 7.99. The molecule has 0 amide bonds. The van der Waals surface area contributed by atoms with E-state index in [9.17, 15) is 13.2 Å². The Hall–Kier alpha value is -0.970. The Morgan fingerprint density at radius 3 is 2.35 bits per heavy atom. The summed E-state index contributed by atoms with van der Waals surface area (Å²) in [6.07, 6.45) is 2.52. The molecule has 0 saturated heterocycles. The normalized spacial score (nSPS) is 17.8. The summed E-state index contributed by atoms with van der Waals surface area (Å²) >= 11 is 1.32. The van der Waals surface area contributed by atoms with Crippen LogP contribution in [0.1, 0.15) is 64.5 Å². The molecule has 23 heavy (non-hydrogen) atoms. The van der Waals surface area contributed by atoms with Gasteiger partial charge in [-0.3, -0.25) is 0 Å². The summed E-state index contributed by atoms with van der Waals surface area (Å²) in [5.74, 6) is -4.71. The molecule has 1 aliphatic carbocycles. The molecule has 0 spiro atoms. The molecule has 2 rings (SSSR count). The average Bonchev–Trinajstić information content (AvgIpc) is 2.99. The molecule has 128 valence electrons. The minimum atomic E-state index is -3.12. The van der Waals surface area contributed by atoms with Crippen molar-refractivity contribution in [3.8, 4) is 0 Å². The van der Waals surface area contributed by atoms with Crippen LogP contribution in [0.5, 0.6) is 0 Å². The topological polar surface area (TPSA) is 12.4 Å². The van der Waals surface area contributed by atoms with Gasteiger partial charge in [0.05, 0.1) is 11.3 Å². The highest BCUT2D eigenvalue weighted by Crippen LogP contribution is 2.45. The molecule has 0 aromatic heterocycles. The number of hydrogen-bond donors (Lipinski definition) is 0. The SMILES string of the molecule is CC(=NSC(C)(C)C)c1cccc(C(F)(F)C2CCCC2)c1F. The van der Waals surface area contributed by atoms with E-state index >= 15 is 0 Å². The smallest absolute Gasteiger partial charge is 0.220 e. The first-order chi connectivity index (χ1) is 10.6. The van der Waals surface area contributed by atoms with Gasteiger partial charge in [-0.1, -0.05) is 31.0 Å². The summed E-state index contributed by atoms with van der Waals surface area (Å²) in [5.41, 5.74) is 0.112. The Balaban J connectivity index is 2.34. The first-order valence-electron chi connectivity index (χ1n) is 8.03. The molecule has 0 unspecified atom stereocenters. The maximum Gasteiger partial charge on any atom is 0.278 e. The molecule has 1 aromatic rings. The quantitative estimate of drug-likeness (QED) is 0.457. The Morgan fingerprint density at radius 1 is 1.17 bits per heavy atom. The summed E-state index contributed by atoms with van der Waals surface area (Å²) in [6, 6.07) is 4.23. The molecule has 0 radical (unpaired) electrons. The highest BCUT2D eigenvalue weighted by Gasteiger charge is 2.44. The Kier molecular flexibility index (Phi) is 5.49. The summed E-state index contributed by atoms with van der Waals surface area (Å²) in [4.78, 5) is 0. The second kappa shape index (κ2) is 6.88. The fraction of sp³-hybridized carbons (Fsp3) is 0.611. The van der Waals surface area contributed by atoms with Gasteiger partial charge in [-0.25, -0.2) is 17.6 Å². The van der Waals surface area contributed by atoms with E-state index in [1.165, 1.54) is 30.1 Å². The summed E-state index contributed by atoms with van der Waals surface area (Å²) < 4.78 is 48.2. The van der Waals surface area contributed by atoms with E-state index in [2.05, 4.69) is 4.40 Å². The number of benzene rings is 1. The van der Waals surface area contributed by atoms with Crippen molar-refractivity contribution in [2.45, 2.75) is 64.0 Å². The minimum Gasteiger partial charge on any atom is -0.220 e. The Bertz CT molecular complexity index is 584. The Morgan fingerprint density at radius 2 is 1.78 bits per heavy atom. The third-order valence-corrected chi connectivity index (χ3v) is 4.98. The molecule has 1 nitrogen and oxygen atoms in total. The lowest BCUT2D eigenvalue weighted by Gasteiger charge is -2.24. The van der Waals surface area contributed by atoms with Crippen molar-refractivity contribution >= 4 is 17.7 Å². The number of hydrogen-bond acceptors (Lipinski definition) is 2. The van der Waals surface area contributed by atoms with Crippen LogP contribution in [0.25, 0.3) is 0 Å². The zero-order valence-corrected chi connectivity index (χ0v) is 14.9. The van der Waals surface area contributed by atoms with Gasteiger partial charge in [0.25, 0.3) is 5.92 Å². The van der Waals surface area contributed by atoms with Crippen LogP contribution < -0.4 is 0 Å². The predicted octanol–water partition coefficient (Wildman–Crippen LogP) is 6.36. The standard InChI is InChI=1S/C18H24F3NS/c1-12(22-23-17(2,3)4)14-10-7-11-15(16(14)19)18(20,21)13-8-5-6-9-13/h7,10-11,13H,5-6,8-9H2,1-4H3. The van der Waals surface area contributed by atoms with Crippen molar-refractivity contribution < 1.29 is 13.2 Å². The van der Waals surface area contributed by atoms with Crippen LogP contribution >= 0.6 is 11.9 Å². The fourth-order valence-electron chi connectivity index (χ4n) is 2.83. The number of alkyl halides is 2. The third kappa shape index (κ3) is 4.31. The number of rotatable bonds is 4. The van der Waals surface area contributed by atoms with Crippen LogP contribution in [0, 0.1) is 11.7 Å². The van der Waals surface area contributed by atoms with Gasteiger partial charge in [-0.15, -0.1) is 0 Å². The first kappa shape index (κ1) is 18.4. The lowest BCUT2D eigenvalue weighted by Crippen LogP contribution is -2.25. The molecule has 1 fully saturated rings. The summed E-state index contributed by atoms with van der Waals surface area (Å²) in [5, 5.41) is 0. The van der Waals surface area contributed by atoms with E-state index in [1.807, 2.05) is 20.8 Å². The largest absolute Gasteiger partial charge is 0.278 e. The molecular formula is C18H24F3NS. The van der Waals surface area contributed by atoms with Gasteiger partial charge in [0.2, 0.25) is 0 Å². The molecule has 0 atom stereocenters. The van der Waals surface area contributed by atoms with Crippen LogP contribution in [-0.2, 0) is 5.92 Å². The lowest BCUT2D eigenvalue weighted by molar-refractivity contribution is -0.0654. The van der Waals surface area contributed by atoms with Crippen molar-refractivity contribution in [1.82, 2.24) is 0 Å². The molecule has 0 aliphatic heterocycles. The van der Waals surface area contributed by atoms with E-state index in [-0.39, 0.29) is 10.3 Å². The van der Waals surface area contributed by atoms with Crippen molar-refractivity contribution in [1.29, 1.82) is 0 Å². The van der Waals surface area contributed by atoms with Crippen LogP contribution in [0.2, 0.25) is 0 Å². The Labute approximate surface area is 140 Å². The highest BCUT2D eigenvalue weighted by atomic mass is 32.2. The molecule has 1 aromatic carbocycles. The third-order valence-electron chi connectivity index (χ3n) is 4.07. The molecule has 0 N–H and O–H groups in total. The van der Waals surface area contributed by atoms with Gasteiger partial charge in [0.15, 0.2) is 0 Å². The average molecular weight is 343 g/mol. The number of halogens is 3. The van der Waals surface area contributed by atoms with E-state index in [4.69, 9.17) is 0 Å². The maximum atomic E-state index is 14.7. The van der Waals surface area contributed by atoms with Crippen molar-refractivity contribution in [3.05, 3.63) is 35.1 Å². The van der Waals surface area contributed by atoms with Crippen LogP contribution in [-0.4, -0.2) is 10.5 Å². The van der Waals surface area contributed by atoms with Gasteiger partial charge >= 0.3 is 0 Å². The van der Waals surface area contributed by atoms with Gasteiger partial charge < -0.3 is 0 Å². The van der Waals surface area contributed by atoms with Gasteiger partial charge in [0.1, 0.15) is 5.82 Å². The van der Waals surface area contributed by atoms with Gasteiger partial charge in [0, 0.05) is 16.2 Å². The summed E-state index contributed by atoms with van der Waals surface area (Å²) in [6.45, 7) is 7.65. The zero-order chi connectivity index (χ0) is 17.3. The molecular weight excluding hydrogens is 319 g/mol. The van der Waals surface area contributed by atoms with Crippen molar-refractivity contribution in [3.63, 3.8) is 0 Å². The zero-order valence-electron chi connectivity index (χ0n) is 14.1. The lowest BCUT2D eigenvalue weighted by atomic mass is 9.91. The van der Waals surface area contributed by atoms with Crippen LogP contribution in [0.3, 0.4) is 0 Å². The van der Waals surface area contributed by atoms with E-state index in [0.29, 0.717) is 18.6 Å². The van der Waals surface area contributed by atoms with Crippen molar-refractivity contribution in [2.24, 2.45) is 10.3 Å². The second-order valence-electron chi connectivity index (χ2n) is 7.15. The van der Waals surface area contributed by atoms with Gasteiger partial charge in [-0.05, 0) is 52.5 Å². The maximum absolute atomic E-state index is 14.7. The van der Waals surface area contributed by atoms with E-state index in [0.717, 1.165) is 12.8 Å². The monoisotopic (exact) mass is 343 g/mol.